The van der Waals surface area contributed by atoms with E-state index in [1.165, 1.54) is 32.1 Å². The van der Waals surface area contributed by atoms with Gasteiger partial charge in [-0.25, -0.2) is 0 Å². The number of carbonyl (C=O) groups is 1. The molecule has 3 nitrogen and oxygen atoms in total. The van der Waals surface area contributed by atoms with Crippen LogP contribution >= 0.6 is 12.2 Å². The second-order valence-electron chi connectivity index (χ2n) is 5.39. The Morgan fingerprint density at radius 1 is 1.32 bits per heavy atom. The molecule has 0 aromatic heterocycles. The lowest BCUT2D eigenvalue weighted by molar-refractivity contribution is -0.131. The zero-order valence-corrected chi connectivity index (χ0v) is 12.6. The lowest BCUT2D eigenvalue weighted by atomic mass is 9.86. The molecule has 1 aliphatic carbocycles. The quantitative estimate of drug-likeness (QED) is 0.550. The van der Waals surface area contributed by atoms with Crippen LogP contribution in [0, 0.1) is 5.92 Å². The van der Waals surface area contributed by atoms with E-state index in [1.54, 1.807) is 6.08 Å². The summed E-state index contributed by atoms with van der Waals surface area (Å²) in [6.45, 7) is 4.91. The fourth-order valence-electron chi connectivity index (χ4n) is 2.68. The minimum Gasteiger partial charge on any atom is -0.393 e. The Labute approximate surface area is 122 Å². The van der Waals surface area contributed by atoms with Crippen molar-refractivity contribution in [1.82, 2.24) is 4.90 Å². The van der Waals surface area contributed by atoms with Crippen molar-refractivity contribution in [1.29, 1.82) is 0 Å². The highest BCUT2D eigenvalue weighted by Crippen LogP contribution is 2.27. The first-order valence-corrected chi connectivity index (χ1v) is 7.71. The first kappa shape index (κ1) is 16.2. The maximum atomic E-state index is 12.2. The van der Waals surface area contributed by atoms with E-state index < -0.39 is 0 Å². The fraction of sp³-hybridized carbons (Fsp3) is 0.733. The summed E-state index contributed by atoms with van der Waals surface area (Å²) in [6.07, 6.45) is 10.6. The summed E-state index contributed by atoms with van der Waals surface area (Å²) in [5.41, 5.74) is 5.50. The van der Waals surface area contributed by atoms with E-state index in [0.29, 0.717) is 30.9 Å². The van der Waals surface area contributed by atoms with Crippen LogP contribution < -0.4 is 5.73 Å². The first-order valence-electron chi connectivity index (χ1n) is 7.30. The van der Waals surface area contributed by atoms with Crippen LogP contribution in [0.3, 0.4) is 0 Å². The van der Waals surface area contributed by atoms with Gasteiger partial charge in [-0.2, -0.15) is 0 Å². The second kappa shape index (κ2) is 9.08. The van der Waals surface area contributed by atoms with Crippen LogP contribution in [0.1, 0.15) is 51.4 Å². The molecule has 0 unspecified atom stereocenters. The second-order valence-corrected chi connectivity index (χ2v) is 5.91. The number of thiocarbonyl (C=S) groups is 1. The van der Waals surface area contributed by atoms with Gasteiger partial charge in [-0.1, -0.05) is 50.4 Å². The van der Waals surface area contributed by atoms with Gasteiger partial charge in [0.05, 0.1) is 4.99 Å². The molecule has 0 aliphatic heterocycles. The van der Waals surface area contributed by atoms with E-state index in [4.69, 9.17) is 18.0 Å². The Morgan fingerprint density at radius 2 is 2.00 bits per heavy atom. The monoisotopic (exact) mass is 282 g/mol. The standard InChI is InChI=1S/C15H26N2OS/c1-2-11-17(12-10-14(16)19)15(18)9-8-13-6-4-3-5-7-13/h2,13H,1,3-12H2,(H2,16,19). The molecular formula is C15H26N2OS. The molecule has 0 radical (unpaired) electrons. The van der Waals surface area contributed by atoms with Crippen LogP contribution in [0.4, 0.5) is 0 Å². The Kier molecular flexibility index (Phi) is 7.72. The third kappa shape index (κ3) is 6.71. The Balaban J connectivity index is 2.33. The minimum atomic E-state index is 0.210. The lowest BCUT2D eigenvalue weighted by Crippen LogP contribution is -2.34. The van der Waals surface area contributed by atoms with E-state index in [-0.39, 0.29) is 5.91 Å². The van der Waals surface area contributed by atoms with Gasteiger partial charge in [-0.3, -0.25) is 4.79 Å². The number of nitrogens with two attached hydrogens (primary N) is 1. The highest BCUT2D eigenvalue weighted by Gasteiger charge is 2.17. The van der Waals surface area contributed by atoms with Gasteiger partial charge in [0.1, 0.15) is 0 Å². The van der Waals surface area contributed by atoms with E-state index in [2.05, 4.69) is 6.58 Å². The van der Waals surface area contributed by atoms with E-state index >= 15 is 0 Å². The molecule has 0 saturated heterocycles. The highest BCUT2D eigenvalue weighted by atomic mass is 32.1. The van der Waals surface area contributed by atoms with Crippen LogP contribution in [0.5, 0.6) is 0 Å². The number of hydrogen-bond acceptors (Lipinski definition) is 2. The van der Waals surface area contributed by atoms with Crippen LogP contribution in [-0.4, -0.2) is 28.9 Å². The van der Waals surface area contributed by atoms with Gasteiger partial charge < -0.3 is 10.6 Å². The van der Waals surface area contributed by atoms with Crippen molar-refractivity contribution in [3.8, 4) is 0 Å². The smallest absolute Gasteiger partial charge is 0.222 e. The summed E-state index contributed by atoms with van der Waals surface area (Å²) in [4.78, 5) is 14.5. The average molecular weight is 282 g/mol. The minimum absolute atomic E-state index is 0.210. The van der Waals surface area contributed by atoms with Gasteiger partial charge in [0.25, 0.3) is 0 Å². The van der Waals surface area contributed by atoms with Crippen molar-refractivity contribution in [3.63, 3.8) is 0 Å². The normalized spacial score (nSPS) is 16.0. The number of carbonyl (C=O) groups excluding carboxylic acids is 1. The molecule has 2 N–H and O–H groups in total. The van der Waals surface area contributed by atoms with Gasteiger partial charge >= 0.3 is 0 Å². The summed E-state index contributed by atoms with van der Waals surface area (Å²) < 4.78 is 0. The maximum Gasteiger partial charge on any atom is 0.222 e. The molecule has 108 valence electrons. The predicted molar refractivity (Wildman–Crippen MR) is 84.0 cm³/mol. The molecule has 1 fully saturated rings. The van der Waals surface area contributed by atoms with Crippen LogP contribution in [0.25, 0.3) is 0 Å². The molecular weight excluding hydrogens is 256 g/mol. The van der Waals surface area contributed by atoms with Crippen molar-refractivity contribution in [3.05, 3.63) is 12.7 Å². The number of hydrogen-bond donors (Lipinski definition) is 1. The van der Waals surface area contributed by atoms with Crippen LogP contribution in [-0.2, 0) is 4.79 Å². The zero-order chi connectivity index (χ0) is 14.1. The first-order chi connectivity index (χ1) is 9.13. The van der Waals surface area contributed by atoms with Gasteiger partial charge in [0, 0.05) is 25.9 Å². The Bertz CT molecular complexity index is 311. The predicted octanol–water partition coefficient (Wildman–Crippen LogP) is 3.04. The van der Waals surface area contributed by atoms with E-state index in [9.17, 15) is 4.79 Å². The molecule has 0 aromatic carbocycles. The van der Waals surface area contributed by atoms with Crippen molar-refractivity contribution in [2.75, 3.05) is 13.1 Å². The summed E-state index contributed by atoms with van der Waals surface area (Å²) in [5, 5.41) is 0. The molecule has 1 aliphatic rings. The van der Waals surface area contributed by atoms with Crippen molar-refractivity contribution in [2.45, 2.75) is 51.4 Å². The molecule has 1 saturated carbocycles. The molecule has 1 rings (SSSR count). The SMILES string of the molecule is C=CCN(CCC(N)=S)C(=O)CCC1CCCCC1. The molecule has 4 heteroatoms. The number of amides is 1. The van der Waals surface area contributed by atoms with Crippen molar-refractivity contribution in [2.24, 2.45) is 11.7 Å². The average Bonchev–Trinajstić information content (AvgIpc) is 2.41. The molecule has 0 spiro atoms. The Hall–Kier alpha value is -0.900. The summed E-state index contributed by atoms with van der Waals surface area (Å²) in [5.74, 6) is 0.959. The number of rotatable bonds is 8. The fourth-order valence-corrected chi connectivity index (χ4v) is 2.77. The van der Waals surface area contributed by atoms with Gasteiger partial charge in [0.2, 0.25) is 5.91 Å². The molecule has 0 aromatic rings. The summed E-state index contributed by atoms with van der Waals surface area (Å²) in [7, 11) is 0. The van der Waals surface area contributed by atoms with Gasteiger partial charge in [-0.05, 0) is 12.3 Å². The lowest BCUT2D eigenvalue weighted by Gasteiger charge is -2.24. The topological polar surface area (TPSA) is 46.3 Å². The third-order valence-electron chi connectivity index (χ3n) is 3.82. The summed E-state index contributed by atoms with van der Waals surface area (Å²) in [6, 6.07) is 0. The highest BCUT2D eigenvalue weighted by molar-refractivity contribution is 7.80. The van der Waals surface area contributed by atoms with Gasteiger partial charge in [0.15, 0.2) is 0 Å². The van der Waals surface area contributed by atoms with E-state index in [1.807, 2.05) is 4.90 Å². The van der Waals surface area contributed by atoms with Crippen molar-refractivity contribution < 1.29 is 4.79 Å². The largest absolute Gasteiger partial charge is 0.393 e. The summed E-state index contributed by atoms with van der Waals surface area (Å²) >= 11 is 4.87. The maximum absolute atomic E-state index is 12.2. The molecule has 0 atom stereocenters. The molecule has 1 amide bonds. The number of nitrogens with zero attached hydrogens (tertiary/aromatic N) is 1. The van der Waals surface area contributed by atoms with Crippen molar-refractivity contribution >= 4 is 23.1 Å². The van der Waals surface area contributed by atoms with Gasteiger partial charge in [-0.15, -0.1) is 6.58 Å². The third-order valence-corrected chi connectivity index (χ3v) is 4.03. The molecule has 0 bridgehead atoms. The zero-order valence-electron chi connectivity index (χ0n) is 11.8. The Morgan fingerprint density at radius 3 is 2.58 bits per heavy atom. The van der Waals surface area contributed by atoms with Crippen LogP contribution in [0.2, 0.25) is 0 Å². The van der Waals surface area contributed by atoms with Crippen LogP contribution in [0.15, 0.2) is 12.7 Å². The molecule has 19 heavy (non-hydrogen) atoms. The van der Waals surface area contributed by atoms with E-state index in [0.717, 1.165) is 12.3 Å². The molecule has 0 heterocycles.